The van der Waals surface area contributed by atoms with Crippen LogP contribution in [-0.4, -0.2) is 33.7 Å². The van der Waals surface area contributed by atoms with Gasteiger partial charge in [0.1, 0.15) is 6.54 Å². The van der Waals surface area contributed by atoms with Crippen LogP contribution in [0.3, 0.4) is 0 Å². The molecule has 1 aromatic heterocycles. The molecule has 0 bridgehead atoms. The van der Waals surface area contributed by atoms with Crippen LogP contribution in [0.15, 0.2) is 155 Å². The van der Waals surface area contributed by atoms with Crippen LogP contribution in [-0.2, 0) is 26.5 Å². The summed E-state index contributed by atoms with van der Waals surface area (Å²) in [7, 11) is -8.07. The Labute approximate surface area is 324 Å². The van der Waals surface area contributed by atoms with E-state index in [0.29, 0.717) is 30.5 Å². The van der Waals surface area contributed by atoms with E-state index in [1.54, 1.807) is 24.3 Å². The third-order valence-corrected chi connectivity index (χ3v) is 12.8. The fourth-order valence-corrected chi connectivity index (χ4v) is 9.69. The lowest BCUT2D eigenvalue weighted by atomic mass is 10.0. The van der Waals surface area contributed by atoms with Gasteiger partial charge in [-0.05, 0) is 84.5 Å². The SMILES string of the molecule is CCCCC[n+]1c(/C=C/C2=C(S(=O)(=O)c3ccccc3)C(=C/C=C3\C=Cc4ccccc4N3CCCCS(=O)(=O)O)/c3ccccc32)ccc2ccccc21. The fourth-order valence-electron chi connectivity index (χ4n) is 7.44. The monoisotopic (exact) mass is 769 g/mol. The van der Waals surface area contributed by atoms with Crippen LogP contribution >= 0.6 is 0 Å². The molecule has 4 aromatic carbocycles. The second-order valence-corrected chi connectivity index (χ2v) is 17.3. The Morgan fingerprint density at radius 3 is 2.22 bits per heavy atom. The maximum Gasteiger partial charge on any atom is 0.264 e. The lowest BCUT2D eigenvalue weighted by Crippen LogP contribution is -2.38. The van der Waals surface area contributed by atoms with E-state index in [9.17, 15) is 21.4 Å². The third kappa shape index (κ3) is 8.34. The molecule has 0 unspecified atom stereocenters. The van der Waals surface area contributed by atoms with E-state index < -0.39 is 20.0 Å². The van der Waals surface area contributed by atoms with Gasteiger partial charge in [-0.1, -0.05) is 98.3 Å². The van der Waals surface area contributed by atoms with Crippen molar-refractivity contribution in [2.75, 3.05) is 17.2 Å². The largest absolute Gasteiger partial charge is 0.341 e. The molecule has 0 atom stereocenters. The summed E-state index contributed by atoms with van der Waals surface area (Å²) >= 11 is 0. The van der Waals surface area contributed by atoms with Crippen molar-refractivity contribution in [1.29, 1.82) is 0 Å². The smallest absolute Gasteiger partial charge is 0.264 e. The number of hydrogen-bond acceptors (Lipinski definition) is 5. The number of anilines is 1. The van der Waals surface area contributed by atoms with Gasteiger partial charge in [-0.15, -0.1) is 0 Å². The van der Waals surface area contributed by atoms with Gasteiger partial charge in [0.15, 0.2) is 0 Å². The van der Waals surface area contributed by atoms with Gasteiger partial charge in [0.05, 0.1) is 15.6 Å². The van der Waals surface area contributed by atoms with Crippen LogP contribution in [0.25, 0.3) is 34.2 Å². The summed E-state index contributed by atoms with van der Waals surface area (Å²) in [5.41, 5.74) is 7.83. The summed E-state index contributed by atoms with van der Waals surface area (Å²) in [5, 5.41) is 1.15. The first-order valence-corrected chi connectivity index (χ1v) is 21.9. The van der Waals surface area contributed by atoms with E-state index in [0.717, 1.165) is 70.5 Å². The van der Waals surface area contributed by atoms with Crippen LogP contribution in [0.5, 0.6) is 0 Å². The van der Waals surface area contributed by atoms with Gasteiger partial charge in [0.25, 0.3) is 10.1 Å². The second kappa shape index (κ2) is 16.6. The normalized spacial score (nSPS) is 15.8. The molecule has 0 amide bonds. The number of allylic oxidation sites excluding steroid dienone is 6. The highest BCUT2D eigenvalue weighted by Crippen LogP contribution is 2.47. The first-order valence-electron chi connectivity index (χ1n) is 18.8. The first-order chi connectivity index (χ1) is 26.7. The molecule has 1 aliphatic carbocycles. The highest BCUT2D eigenvalue weighted by molar-refractivity contribution is 7.96. The van der Waals surface area contributed by atoms with Crippen LogP contribution in [0.2, 0.25) is 0 Å². The number of pyridine rings is 1. The van der Waals surface area contributed by atoms with E-state index in [4.69, 9.17) is 0 Å². The van der Waals surface area contributed by atoms with Crippen LogP contribution in [0.4, 0.5) is 5.69 Å². The maximum absolute atomic E-state index is 14.8. The number of aryl methyl sites for hydroxylation is 1. The molecule has 0 saturated heterocycles. The molecule has 7 nitrogen and oxygen atoms in total. The molecule has 9 heteroatoms. The van der Waals surface area contributed by atoms with Gasteiger partial charge in [0, 0.05) is 59.1 Å². The highest BCUT2D eigenvalue weighted by Gasteiger charge is 2.34. The topological polar surface area (TPSA) is 95.6 Å². The Kier molecular flexibility index (Phi) is 11.4. The van der Waals surface area contributed by atoms with Gasteiger partial charge in [-0.25, -0.2) is 8.42 Å². The van der Waals surface area contributed by atoms with E-state index in [2.05, 4.69) is 46.7 Å². The number of para-hydroxylation sites is 2. The van der Waals surface area contributed by atoms with Crippen LogP contribution < -0.4 is 9.47 Å². The number of rotatable bonds is 14. The number of sulfone groups is 1. The van der Waals surface area contributed by atoms with E-state index in [-0.39, 0.29) is 15.6 Å². The van der Waals surface area contributed by atoms with Gasteiger partial charge in [0.2, 0.25) is 21.0 Å². The predicted molar refractivity (Wildman–Crippen MR) is 224 cm³/mol. The van der Waals surface area contributed by atoms with E-state index >= 15 is 0 Å². The minimum absolute atomic E-state index is 0.217. The number of unbranched alkanes of at least 4 members (excludes halogenated alkanes) is 3. The lowest BCUT2D eigenvalue weighted by molar-refractivity contribution is -0.673. The zero-order valence-electron chi connectivity index (χ0n) is 30.9. The summed E-state index contributed by atoms with van der Waals surface area (Å²) in [5.74, 6) is -0.308. The number of benzene rings is 4. The Morgan fingerprint density at radius 2 is 1.42 bits per heavy atom. The number of hydrogen-bond donors (Lipinski definition) is 1. The van der Waals surface area contributed by atoms with Crippen molar-refractivity contribution in [2.45, 2.75) is 50.5 Å². The zero-order chi connectivity index (χ0) is 38.4. The Hall–Kier alpha value is -5.35. The molecule has 0 radical (unpaired) electrons. The Bertz CT molecular complexity index is 2600. The average Bonchev–Trinajstić information content (AvgIpc) is 3.52. The minimum atomic E-state index is -4.07. The third-order valence-electron chi connectivity index (χ3n) is 10.1. The zero-order valence-corrected chi connectivity index (χ0v) is 32.5. The summed E-state index contributed by atoms with van der Waals surface area (Å²) in [4.78, 5) is 2.57. The molecule has 0 saturated carbocycles. The molecular formula is C46H45N2O5S2+. The van der Waals surface area contributed by atoms with Crippen molar-refractivity contribution in [2.24, 2.45) is 0 Å². The molecule has 1 aliphatic heterocycles. The molecule has 1 N–H and O–H groups in total. The average molecular weight is 770 g/mol. The number of nitrogens with zero attached hydrogens (tertiary/aromatic N) is 2. The molecular weight excluding hydrogens is 725 g/mol. The standard InChI is InChI=1S/C46H44N2O5S2/c1-2-3-13-32-47-37(26-24-35-16-7-11-22-44(35)47)28-30-42-40-20-9-10-21-41(40)43(46(42)55(52,53)39-18-5-4-6-19-39)31-29-38-27-25-36-17-8-12-23-45(36)48(38)33-14-15-34-54(49,50)51/h4-12,16-31H,2-3,13-15,32-34H2,1H3/p+1. The van der Waals surface area contributed by atoms with Crippen molar-refractivity contribution in [3.8, 4) is 0 Å². The molecule has 0 fully saturated rings. The molecule has 280 valence electrons. The minimum Gasteiger partial charge on any atom is -0.341 e. The number of fused-ring (bicyclic) bond motifs is 3. The van der Waals surface area contributed by atoms with Crippen LogP contribution in [0.1, 0.15) is 61.4 Å². The van der Waals surface area contributed by atoms with E-state index in [1.165, 1.54) is 0 Å². The van der Waals surface area contributed by atoms with Crippen molar-refractivity contribution >= 4 is 59.8 Å². The van der Waals surface area contributed by atoms with Crippen molar-refractivity contribution in [1.82, 2.24) is 0 Å². The summed E-state index contributed by atoms with van der Waals surface area (Å²) in [6, 6.07) is 37.0. The number of aromatic nitrogens is 1. The predicted octanol–water partition coefficient (Wildman–Crippen LogP) is 9.70. The first kappa shape index (κ1) is 37.9. The van der Waals surface area contributed by atoms with Gasteiger partial charge >= 0.3 is 0 Å². The molecule has 2 aliphatic rings. The van der Waals surface area contributed by atoms with E-state index in [1.807, 2.05) is 97.1 Å². The second-order valence-electron chi connectivity index (χ2n) is 13.8. The fraction of sp³-hybridized carbons (Fsp3) is 0.196. The highest BCUT2D eigenvalue weighted by atomic mass is 32.2. The molecule has 55 heavy (non-hydrogen) atoms. The summed E-state index contributed by atoms with van der Waals surface area (Å²) < 4.78 is 64.2. The lowest BCUT2D eigenvalue weighted by Gasteiger charge is -2.30. The maximum atomic E-state index is 14.8. The van der Waals surface area contributed by atoms with Crippen molar-refractivity contribution in [3.63, 3.8) is 0 Å². The van der Waals surface area contributed by atoms with Crippen molar-refractivity contribution < 1.29 is 26.0 Å². The van der Waals surface area contributed by atoms with Crippen molar-refractivity contribution in [3.05, 3.63) is 173 Å². The molecule has 5 aromatic rings. The molecule has 2 heterocycles. The summed E-state index contributed by atoms with van der Waals surface area (Å²) in [6.45, 7) is 3.55. The quantitative estimate of drug-likeness (QED) is 0.0687. The Balaban J connectivity index is 1.37. The van der Waals surface area contributed by atoms with Gasteiger partial charge in [-0.3, -0.25) is 4.55 Å². The Morgan fingerprint density at radius 1 is 0.691 bits per heavy atom. The summed E-state index contributed by atoms with van der Waals surface area (Å²) in [6.07, 6.45) is 16.0. The van der Waals surface area contributed by atoms with Gasteiger partial charge in [-0.2, -0.15) is 13.0 Å². The van der Waals surface area contributed by atoms with Crippen LogP contribution in [0, 0.1) is 0 Å². The molecule has 7 rings (SSSR count). The molecule has 0 spiro atoms. The van der Waals surface area contributed by atoms with Gasteiger partial charge < -0.3 is 4.90 Å².